The zero-order valence-corrected chi connectivity index (χ0v) is 11.7. The molecular formula is C10H18IN5. The summed E-state index contributed by atoms with van der Waals surface area (Å²) in [6.45, 7) is 1.77. The maximum Gasteiger partial charge on any atom is 0.191 e. The zero-order chi connectivity index (χ0) is 10.5. The molecule has 0 bridgehead atoms. The fourth-order valence-electron chi connectivity index (χ4n) is 1.34. The highest BCUT2D eigenvalue weighted by Crippen LogP contribution is 2.18. The van der Waals surface area contributed by atoms with Gasteiger partial charge in [-0.3, -0.25) is 4.99 Å². The second-order valence-corrected chi connectivity index (χ2v) is 3.72. The van der Waals surface area contributed by atoms with Crippen LogP contribution in [0.15, 0.2) is 23.7 Å². The molecule has 1 aliphatic rings. The smallest absolute Gasteiger partial charge is 0.191 e. The maximum absolute atomic E-state index is 4.16. The minimum atomic E-state index is 0. The highest BCUT2D eigenvalue weighted by atomic mass is 127. The van der Waals surface area contributed by atoms with Crippen LogP contribution in [0.2, 0.25) is 0 Å². The van der Waals surface area contributed by atoms with Gasteiger partial charge in [0.05, 0.1) is 6.33 Å². The number of nitrogens with one attached hydrogen (secondary N) is 2. The minimum Gasteiger partial charge on any atom is -0.355 e. The van der Waals surface area contributed by atoms with Gasteiger partial charge in [-0.1, -0.05) is 0 Å². The van der Waals surface area contributed by atoms with Crippen LogP contribution in [0.1, 0.15) is 12.8 Å². The fraction of sp³-hybridized carbons (Fsp3) is 0.600. The summed E-state index contributed by atoms with van der Waals surface area (Å²) in [5, 5.41) is 6.60. The summed E-state index contributed by atoms with van der Waals surface area (Å²) in [5.74, 6) is 0.901. The minimum absolute atomic E-state index is 0. The predicted molar refractivity (Wildman–Crippen MR) is 75.2 cm³/mol. The monoisotopic (exact) mass is 335 g/mol. The predicted octanol–water partition coefficient (Wildman–Crippen LogP) is 0.828. The first-order valence-corrected chi connectivity index (χ1v) is 5.31. The number of rotatable bonds is 4. The lowest BCUT2D eigenvalue weighted by Gasteiger charge is -2.10. The fourth-order valence-corrected chi connectivity index (χ4v) is 1.34. The van der Waals surface area contributed by atoms with Crippen molar-refractivity contribution in [2.45, 2.75) is 25.4 Å². The van der Waals surface area contributed by atoms with Gasteiger partial charge in [-0.05, 0) is 12.8 Å². The molecule has 0 atom stereocenters. The third kappa shape index (κ3) is 4.38. The molecule has 1 saturated carbocycles. The first kappa shape index (κ1) is 13.3. The molecule has 5 nitrogen and oxygen atoms in total. The summed E-state index contributed by atoms with van der Waals surface area (Å²) in [7, 11) is 1.80. The molecule has 0 spiro atoms. The highest BCUT2D eigenvalue weighted by Gasteiger charge is 2.21. The van der Waals surface area contributed by atoms with Gasteiger partial charge in [0, 0.05) is 38.6 Å². The molecule has 6 heteroatoms. The van der Waals surface area contributed by atoms with Crippen LogP contribution in [0.3, 0.4) is 0 Å². The molecule has 16 heavy (non-hydrogen) atoms. The van der Waals surface area contributed by atoms with Gasteiger partial charge >= 0.3 is 0 Å². The first-order valence-electron chi connectivity index (χ1n) is 5.31. The van der Waals surface area contributed by atoms with Crippen molar-refractivity contribution in [2.24, 2.45) is 4.99 Å². The van der Waals surface area contributed by atoms with Crippen LogP contribution in [0, 0.1) is 0 Å². The molecule has 2 N–H and O–H groups in total. The molecule has 1 aromatic rings. The van der Waals surface area contributed by atoms with Gasteiger partial charge < -0.3 is 15.2 Å². The van der Waals surface area contributed by atoms with Gasteiger partial charge in [0.25, 0.3) is 0 Å². The van der Waals surface area contributed by atoms with Crippen molar-refractivity contribution in [3.05, 3.63) is 18.7 Å². The topological polar surface area (TPSA) is 54.2 Å². The largest absolute Gasteiger partial charge is 0.355 e. The van der Waals surface area contributed by atoms with E-state index in [1.54, 1.807) is 13.2 Å². The molecule has 0 aromatic carbocycles. The quantitative estimate of drug-likeness (QED) is 0.487. The third-order valence-electron chi connectivity index (χ3n) is 2.36. The van der Waals surface area contributed by atoms with E-state index in [-0.39, 0.29) is 24.0 Å². The molecule has 90 valence electrons. The molecule has 1 aliphatic carbocycles. The number of hydrogen-bond acceptors (Lipinski definition) is 2. The summed E-state index contributed by atoms with van der Waals surface area (Å²) in [6, 6.07) is 0.643. The normalized spacial score (nSPS) is 15.4. The Morgan fingerprint density at radius 3 is 2.94 bits per heavy atom. The van der Waals surface area contributed by atoms with E-state index in [1.807, 2.05) is 17.1 Å². The van der Waals surface area contributed by atoms with Gasteiger partial charge in [0.15, 0.2) is 5.96 Å². The van der Waals surface area contributed by atoms with Crippen molar-refractivity contribution >= 4 is 29.9 Å². The van der Waals surface area contributed by atoms with Gasteiger partial charge in [-0.15, -0.1) is 24.0 Å². The highest BCUT2D eigenvalue weighted by molar-refractivity contribution is 14.0. The van der Waals surface area contributed by atoms with Gasteiger partial charge in [0.2, 0.25) is 0 Å². The summed E-state index contributed by atoms with van der Waals surface area (Å²) in [4.78, 5) is 8.14. The summed E-state index contributed by atoms with van der Waals surface area (Å²) in [6.07, 6.45) is 8.10. The Morgan fingerprint density at radius 2 is 2.38 bits per heavy atom. The molecule has 0 aliphatic heterocycles. The van der Waals surface area contributed by atoms with Crippen LogP contribution >= 0.6 is 24.0 Å². The van der Waals surface area contributed by atoms with E-state index < -0.39 is 0 Å². The van der Waals surface area contributed by atoms with E-state index in [4.69, 9.17) is 0 Å². The Morgan fingerprint density at radius 1 is 1.56 bits per heavy atom. The van der Waals surface area contributed by atoms with Crippen molar-refractivity contribution in [2.75, 3.05) is 13.6 Å². The summed E-state index contributed by atoms with van der Waals surface area (Å²) in [5.41, 5.74) is 0. The number of guanidine groups is 1. The van der Waals surface area contributed by atoms with Crippen molar-refractivity contribution in [3.63, 3.8) is 0 Å². The lowest BCUT2D eigenvalue weighted by Crippen LogP contribution is -2.39. The standard InChI is InChI=1S/C10H17N5.HI/c1-11-10(14-9-2-3-9)13-5-7-15-6-4-12-8-15;/h4,6,8-9H,2-3,5,7H2,1H3,(H2,11,13,14);1H. The summed E-state index contributed by atoms with van der Waals surface area (Å²) < 4.78 is 2.04. The van der Waals surface area contributed by atoms with Crippen molar-refractivity contribution in [3.8, 4) is 0 Å². The van der Waals surface area contributed by atoms with E-state index in [1.165, 1.54) is 12.8 Å². The number of halogens is 1. The van der Waals surface area contributed by atoms with Gasteiger partial charge in [-0.25, -0.2) is 4.98 Å². The SMILES string of the molecule is CN=C(NCCn1ccnc1)NC1CC1.I. The van der Waals surface area contributed by atoms with Crippen molar-refractivity contribution in [1.82, 2.24) is 20.2 Å². The zero-order valence-electron chi connectivity index (χ0n) is 9.39. The molecule has 1 fully saturated rings. The second-order valence-electron chi connectivity index (χ2n) is 3.72. The number of hydrogen-bond donors (Lipinski definition) is 2. The Bertz CT molecular complexity index is 318. The Labute approximate surface area is 113 Å². The number of aromatic nitrogens is 2. The van der Waals surface area contributed by atoms with E-state index in [2.05, 4.69) is 20.6 Å². The number of imidazole rings is 1. The van der Waals surface area contributed by atoms with Crippen LogP contribution in [-0.4, -0.2) is 35.1 Å². The van der Waals surface area contributed by atoms with Crippen LogP contribution in [0.4, 0.5) is 0 Å². The second kappa shape index (κ2) is 6.72. The van der Waals surface area contributed by atoms with Gasteiger partial charge in [-0.2, -0.15) is 0 Å². The average molecular weight is 335 g/mol. The Balaban J connectivity index is 0.00000128. The first-order chi connectivity index (χ1) is 7.38. The van der Waals surface area contributed by atoms with E-state index in [0.29, 0.717) is 6.04 Å². The Hall–Kier alpha value is -0.790. The Kier molecular flexibility index (Phi) is 5.58. The van der Waals surface area contributed by atoms with Crippen LogP contribution in [-0.2, 0) is 6.54 Å². The number of aliphatic imine (C=N–C) groups is 1. The molecular weight excluding hydrogens is 317 g/mol. The van der Waals surface area contributed by atoms with E-state index >= 15 is 0 Å². The lowest BCUT2D eigenvalue weighted by atomic mass is 10.6. The molecule has 0 amide bonds. The van der Waals surface area contributed by atoms with E-state index in [0.717, 1.165) is 19.0 Å². The third-order valence-corrected chi connectivity index (χ3v) is 2.36. The van der Waals surface area contributed by atoms with Crippen LogP contribution in [0.5, 0.6) is 0 Å². The van der Waals surface area contributed by atoms with Crippen molar-refractivity contribution in [1.29, 1.82) is 0 Å². The van der Waals surface area contributed by atoms with Crippen LogP contribution < -0.4 is 10.6 Å². The maximum atomic E-state index is 4.16. The van der Waals surface area contributed by atoms with Crippen molar-refractivity contribution < 1.29 is 0 Å². The molecule has 2 rings (SSSR count). The number of nitrogens with zero attached hydrogens (tertiary/aromatic N) is 3. The van der Waals surface area contributed by atoms with Gasteiger partial charge in [0.1, 0.15) is 0 Å². The lowest BCUT2D eigenvalue weighted by molar-refractivity contribution is 0.661. The molecule has 0 radical (unpaired) electrons. The summed E-state index contributed by atoms with van der Waals surface area (Å²) >= 11 is 0. The molecule has 1 aromatic heterocycles. The molecule has 0 unspecified atom stereocenters. The van der Waals surface area contributed by atoms with E-state index in [9.17, 15) is 0 Å². The molecule has 1 heterocycles. The van der Waals surface area contributed by atoms with Crippen LogP contribution in [0.25, 0.3) is 0 Å². The average Bonchev–Trinajstić information content (AvgIpc) is 2.91. The molecule has 0 saturated heterocycles.